The van der Waals surface area contributed by atoms with E-state index in [0.29, 0.717) is 0 Å². The van der Waals surface area contributed by atoms with Crippen molar-refractivity contribution >= 4 is 17.4 Å². The number of anilines is 1. The Labute approximate surface area is 111 Å². The summed E-state index contributed by atoms with van der Waals surface area (Å²) >= 11 is 1.70. The van der Waals surface area contributed by atoms with Gasteiger partial charge in [-0.25, -0.2) is 4.39 Å². The van der Waals surface area contributed by atoms with E-state index in [-0.39, 0.29) is 11.9 Å². The highest BCUT2D eigenvalue weighted by Gasteiger charge is 2.07. The zero-order chi connectivity index (χ0) is 13.0. The average Bonchev–Trinajstić information content (AvgIpc) is 2.39. The summed E-state index contributed by atoms with van der Waals surface area (Å²) in [6, 6.07) is 11.4. The monoisotopic (exact) mass is 262 g/mol. The van der Waals surface area contributed by atoms with Crippen LogP contribution in [0.4, 0.5) is 10.1 Å². The van der Waals surface area contributed by atoms with Gasteiger partial charge in [-0.3, -0.25) is 4.98 Å². The van der Waals surface area contributed by atoms with Crippen LogP contribution in [0.15, 0.2) is 47.5 Å². The summed E-state index contributed by atoms with van der Waals surface area (Å²) in [6.07, 6.45) is 3.29. The highest BCUT2D eigenvalue weighted by molar-refractivity contribution is 7.98. The number of hydrogen-bond acceptors (Lipinski definition) is 3. The number of benzene rings is 1. The molecule has 0 aliphatic carbocycles. The first-order valence-electron chi connectivity index (χ1n) is 5.71. The molecule has 0 radical (unpaired) electrons. The van der Waals surface area contributed by atoms with Crippen LogP contribution in [0.5, 0.6) is 0 Å². The van der Waals surface area contributed by atoms with Crippen molar-refractivity contribution in [2.45, 2.75) is 17.9 Å². The van der Waals surface area contributed by atoms with Crippen molar-refractivity contribution in [3.63, 3.8) is 0 Å². The Morgan fingerprint density at radius 1 is 1.28 bits per heavy atom. The Kier molecular flexibility index (Phi) is 4.20. The Morgan fingerprint density at radius 3 is 2.78 bits per heavy atom. The molecule has 2 rings (SSSR count). The van der Waals surface area contributed by atoms with Gasteiger partial charge in [0.25, 0.3) is 0 Å². The predicted octanol–water partition coefficient (Wildman–Crippen LogP) is 4.12. The van der Waals surface area contributed by atoms with Gasteiger partial charge in [0.2, 0.25) is 0 Å². The molecule has 1 aromatic carbocycles. The summed E-state index contributed by atoms with van der Waals surface area (Å²) < 4.78 is 12.8. The number of thioether (sulfide) groups is 1. The predicted molar refractivity (Wildman–Crippen MR) is 74.5 cm³/mol. The van der Waals surface area contributed by atoms with E-state index in [1.165, 1.54) is 17.2 Å². The summed E-state index contributed by atoms with van der Waals surface area (Å²) in [7, 11) is 0. The lowest BCUT2D eigenvalue weighted by Gasteiger charge is -2.15. The zero-order valence-electron chi connectivity index (χ0n) is 10.4. The van der Waals surface area contributed by atoms with Crippen LogP contribution in [-0.4, -0.2) is 11.2 Å². The van der Waals surface area contributed by atoms with Crippen molar-refractivity contribution in [1.82, 2.24) is 4.98 Å². The lowest BCUT2D eigenvalue weighted by Crippen LogP contribution is -2.08. The second-order valence-corrected chi connectivity index (χ2v) is 4.88. The molecule has 0 bridgehead atoms. The fraction of sp³-hybridized carbons (Fsp3) is 0.214. The van der Waals surface area contributed by atoms with Gasteiger partial charge in [0.1, 0.15) is 5.82 Å². The van der Waals surface area contributed by atoms with Crippen LogP contribution in [0.2, 0.25) is 0 Å². The van der Waals surface area contributed by atoms with Crippen LogP contribution in [0.25, 0.3) is 0 Å². The summed E-state index contributed by atoms with van der Waals surface area (Å²) in [5.74, 6) is -0.310. The lowest BCUT2D eigenvalue weighted by molar-refractivity contribution is 0.617. The molecule has 1 aromatic heterocycles. The molecule has 4 heteroatoms. The van der Waals surface area contributed by atoms with E-state index in [2.05, 4.69) is 22.4 Å². The molecule has 1 unspecified atom stereocenters. The Balaban J connectivity index is 2.10. The molecule has 1 atom stereocenters. The molecule has 1 N–H and O–H groups in total. The summed E-state index contributed by atoms with van der Waals surface area (Å²) in [4.78, 5) is 5.28. The topological polar surface area (TPSA) is 24.9 Å². The smallest absolute Gasteiger partial charge is 0.141 e. The molecule has 18 heavy (non-hydrogen) atoms. The molecule has 0 fully saturated rings. The van der Waals surface area contributed by atoms with E-state index in [0.717, 1.165) is 11.4 Å². The number of rotatable bonds is 4. The molecule has 0 saturated heterocycles. The first kappa shape index (κ1) is 12.9. The lowest BCUT2D eigenvalue weighted by atomic mass is 10.2. The van der Waals surface area contributed by atoms with Gasteiger partial charge in [-0.05, 0) is 43.5 Å². The average molecular weight is 262 g/mol. The van der Waals surface area contributed by atoms with Crippen molar-refractivity contribution in [2.75, 3.05) is 11.6 Å². The minimum atomic E-state index is -0.310. The first-order chi connectivity index (χ1) is 8.69. The third-order valence-electron chi connectivity index (χ3n) is 2.65. The van der Waals surface area contributed by atoms with Crippen molar-refractivity contribution in [3.05, 3.63) is 54.1 Å². The van der Waals surface area contributed by atoms with Crippen LogP contribution < -0.4 is 5.32 Å². The van der Waals surface area contributed by atoms with Gasteiger partial charge in [0, 0.05) is 10.6 Å². The minimum absolute atomic E-state index is 0.0442. The van der Waals surface area contributed by atoms with Crippen LogP contribution in [0.3, 0.4) is 0 Å². The summed E-state index contributed by atoms with van der Waals surface area (Å²) in [5.41, 5.74) is 1.87. The van der Waals surface area contributed by atoms with E-state index in [9.17, 15) is 4.39 Å². The molecule has 2 aromatic rings. The van der Waals surface area contributed by atoms with Crippen molar-refractivity contribution in [1.29, 1.82) is 0 Å². The van der Waals surface area contributed by atoms with Gasteiger partial charge in [-0.2, -0.15) is 0 Å². The standard InChI is InChI=1S/C14H15FN2S/c1-10(14-7-6-11(15)9-16-14)17-12-4-3-5-13(8-12)18-2/h3-10,17H,1-2H3. The van der Waals surface area contributed by atoms with E-state index < -0.39 is 0 Å². The normalized spacial score (nSPS) is 12.2. The molecular formula is C14H15FN2S. The molecule has 1 heterocycles. The molecule has 0 spiro atoms. The zero-order valence-corrected chi connectivity index (χ0v) is 11.2. The van der Waals surface area contributed by atoms with Gasteiger partial charge in [0.05, 0.1) is 17.9 Å². The Bertz CT molecular complexity index is 513. The van der Waals surface area contributed by atoms with Gasteiger partial charge in [-0.1, -0.05) is 6.07 Å². The van der Waals surface area contributed by atoms with Crippen LogP contribution >= 0.6 is 11.8 Å². The number of nitrogens with one attached hydrogen (secondary N) is 1. The highest BCUT2D eigenvalue weighted by Crippen LogP contribution is 2.22. The number of pyridine rings is 1. The van der Waals surface area contributed by atoms with E-state index in [4.69, 9.17) is 0 Å². The molecule has 94 valence electrons. The van der Waals surface area contributed by atoms with Crippen LogP contribution in [0.1, 0.15) is 18.7 Å². The second kappa shape index (κ2) is 5.87. The maximum Gasteiger partial charge on any atom is 0.141 e. The highest BCUT2D eigenvalue weighted by atomic mass is 32.2. The van der Waals surface area contributed by atoms with Gasteiger partial charge < -0.3 is 5.32 Å². The van der Waals surface area contributed by atoms with Gasteiger partial charge >= 0.3 is 0 Å². The van der Waals surface area contributed by atoms with Gasteiger partial charge in [-0.15, -0.1) is 11.8 Å². The maximum absolute atomic E-state index is 12.8. The quantitative estimate of drug-likeness (QED) is 0.839. The summed E-state index contributed by atoms with van der Waals surface area (Å²) in [6.45, 7) is 2.01. The van der Waals surface area contributed by atoms with E-state index in [1.807, 2.05) is 25.3 Å². The third kappa shape index (κ3) is 3.23. The largest absolute Gasteiger partial charge is 0.377 e. The van der Waals surface area contributed by atoms with Crippen LogP contribution in [-0.2, 0) is 0 Å². The van der Waals surface area contributed by atoms with Crippen molar-refractivity contribution in [3.8, 4) is 0 Å². The SMILES string of the molecule is CSc1cccc(NC(C)c2ccc(F)cn2)c1. The number of hydrogen-bond donors (Lipinski definition) is 1. The molecule has 0 amide bonds. The molecule has 0 aliphatic rings. The molecule has 2 nitrogen and oxygen atoms in total. The Morgan fingerprint density at radius 2 is 2.11 bits per heavy atom. The molecule has 0 saturated carbocycles. The minimum Gasteiger partial charge on any atom is -0.377 e. The maximum atomic E-state index is 12.8. The molecular weight excluding hydrogens is 247 g/mol. The van der Waals surface area contributed by atoms with Crippen LogP contribution in [0, 0.1) is 5.82 Å². The number of aromatic nitrogens is 1. The number of halogens is 1. The first-order valence-corrected chi connectivity index (χ1v) is 6.93. The van der Waals surface area contributed by atoms with Crippen molar-refractivity contribution in [2.24, 2.45) is 0 Å². The molecule has 0 aliphatic heterocycles. The Hall–Kier alpha value is -1.55. The summed E-state index contributed by atoms with van der Waals surface area (Å²) in [5, 5.41) is 3.35. The van der Waals surface area contributed by atoms with E-state index in [1.54, 1.807) is 17.8 Å². The second-order valence-electron chi connectivity index (χ2n) is 4.00. The van der Waals surface area contributed by atoms with Crippen molar-refractivity contribution < 1.29 is 4.39 Å². The van der Waals surface area contributed by atoms with E-state index >= 15 is 0 Å². The number of nitrogens with zero attached hydrogens (tertiary/aromatic N) is 1. The third-order valence-corrected chi connectivity index (χ3v) is 3.37. The van der Waals surface area contributed by atoms with Gasteiger partial charge in [0.15, 0.2) is 0 Å². The fourth-order valence-electron chi connectivity index (χ4n) is 1.68. The fourth-order valence-corrected chi connectivity index (χ4v) is 2.14.